The third kappa shape index (κ3) is 6.17. The molecule has 18 heavy (non-hydrogen) atoms. The third-order valence-corrected chi connectivity index (χ3v) is 4.20. The van der Waals surface area contributed by atoms with Crippen LogP contribution >= 0.6 is 0 Å². The molecule has 0 saturated carbocycles. The Labute approximate surface area is 113 Å². The summed E-state index contributed by atoms with van der Waals surface area (Å²) in [5.74, 6) is 0. The van der Waals surface area contributed by atoms with Gasteiger partial charge >= 0.3 is 0 Å². The van der Waals surface area contributed by atoms with Crippen LogP contribution < -0.4 is 5.32 Å². The molecule has 0 bridgehead atoms. The molecule has 108 valence electrons. The van der Waals surface area contributed by atoms with Gasteiger partial charge in [-0.15, -0.1) is 0 Å². The quantitative estimate of drug-likeness (QED) is 0.650. The lowest BCUT2D eigenvalue weighted by Gasteiger charge is -2.22. The normalized spacial score (nSPS) is 21.7. The number of hydrogen-bond acceptors (Lipinski definition) is 3. The summed E-state index contributed by atoms with van der Waals surface area (Å²) in [6.07, 6.45) is 8.22. The molecule has 1 saturated heterocycles. The molecule has 0 spiro atoms. The number of hydrogen-bond donors (Lipinski definition) is 1. The Morgan fingerprint density at radius 1 is 1.28 bits per heavy atom. The van der Waals surface area contributed by atoms with Gasteiger partial charge in [0.2, 0.25) is 0 Å². The molecular weight excluding hydrogens is 224 g/mol. The van der Waals surface area contributed by atoms with Gasteiger partial charge in [0.1, 0.15) is 0 Å². The summed E-state index contributed by atoms with van der Waals surface area (Å²) in [6.45, 7) is 9.04. The van der Waals surface area contributed by atoms with Gasteiger partial charge in [-0.1, -0.05) is 13.8 Å². The minimum absolute atomic E-state index is 0.560. The molecule has 0 radical (unpaired) electrons. The lowest BCUT2D eigenvalue weighted by atomic mass is 10.0. The average Bonchev–Trinajstić information content (AvgIpc) is 2.91. The highest BCUT2D eigenvalue weighted by Gasteiger charge is 2.16. The van der Waals surface area contributed by atoms with E-state index in [4.69, 9.17) is 4.74 Å². The van der Waals surface area contributed by atoms with E-state index in [1.165, 1.54) is 58.2 Å². The lowest BCUT2D eigenvalue weighted by molar-refractivity contribution is 0.101. The van der Waals surface area contributed by atoms with Crippen LogP contribution in [0.5, 0.6) is 0 Å². The Morgan fingerprint density at radius 2 is 2.06 bits per heavy atom. The Balaban J connectivity index is 2.08. The molecule has 0 aromatic carbocycles. The van der Waals surface area contributed by atoms with Gasteiger partial charge < -0.3 is 15.0 Å². The first-order chi connectivity index (χ1) is 8.80. The van der Waals surface area contributed by atoms with Crippen LogP contribution in [0.1, 0.15) is 52.4 Å². The second kappa shape index (κ2) is 9.76. The van der Waals surface area contributed by atoms with Crippen molar-refractivity contribution in [3.63, 3.8) is 0 Å². The molecule has 1 heterocycles. The summed E-state index contributed by atoms with van der Waals surface area (Å²) in [5.41, 5.74) is 0. The van der Waals surface area contributed by atoms with E-state index in [1.54, 1.807) is 0 Å². The molecule has 1 N–H and O–H groups in total. The number of rotatable bonds is 10. The van der Waals surface area contributed by atoms with Crippen molar-refractivity contribution in [2.24, 2.45) is 0 Å². The van der Waals surface area contributed by atoms with Crippen LogP contribution in [0, 0.1) is 0 Å². The molecule has 1 fully saturated rings. The zero-order chi connectivity index (χ0) is 13.2. The van der Waals surface area contributed by atoms with Gasteiger partial charge in [0.25, 0.3) is 0 Å². The summed E-state index contributed by atoms with van der Waals surface area (Å²) < 4.78 is 5.67. The monoisotopic (exact) mass is 256 g/mol. The van der Waals surface area contributed by atoms with E-state index in [-0.39, 0.29) is 0 Å². The van der Waals surface area contributed by atoms with E-state index in [2.05, 4.69) is 31.1 Å². The molecule has 1 aliphatic heterocycles. The maximum absolute atomic E-state index is 5.67. The molecule has 0 aliphatic carbocycles. The van der Waals surface area contributed by atoms with Crippen molar-refractivity contribution < 1.29 is 4.74 Å². The van der Waals surface area contributed by atoms with Crippen molar-refractivity contribution in [2.45, 2.75) is 64.5 Å². The maximum atomic E-state index is 5.67. The first kappa shape index (κ1) is 15.9. The molecule has 2 unspecified atom stereocenters. The molecule has 0 aromatic heterocycles. The molecule has 3 heteroatoms. The Bertz CT molecular complexity index is 189. The minimum atomic E-state index is 0.560. The van der Waals surface area contributed by atoms with E-state index in [0.29, 0.717) is 12.1 Å². The number of nitrogens with one attached hydrogen (secondary N) is 1. The zero-order valence-corrected chi connectivity index (χ0v) is 12.6. The summed E-state index contributed by atoms with van der Waals surface area (Å²) in [4.78, 5) is 2.50. The van der Waals surface area contributed by atoms with Crippen LogP contribution in [0.4, 0.5) is 0 Å². The van der Waals surface area contributed by atoms with Gasteiger partial charge in [0.15, 0.2) is 0 Å². The van der Waals surface area contributed by atoms with Crippen molar-refractivity contribution in [3.05, 3.63) is 0 Å². The fraction of sp³-hybridized carbons (Fsp3) is 1.00. The second-order valence-corrected chi connectivity index (χ2v) is 5.37. The van der Waals surface area contributed by atoms with Crippen molar-refractivity contribution in [3.8, 4) is 0 Å². The van der Waals surface area contributed by atoms with Crippen molar-refractivity contribution in [1.82, 2.24) is 10.2 Å². The Morgan fingerprint density at radius 3 is 2.61 bits per heavy atom. The van der Waals surface area contributed by atoms with E-state index in [0.717, 1.165) is 6.61 Å². The molecular formula is C15H32N2O. The van der Waals surface area contributed by atoms with Crippen LogP contribution in [-0.2, 0) is 4.74 Å². The molecule has 0 amide bonds. The largest absolute Gasteiger partial charge is 0.378 e. The molecule has 0 aromatic rings. The first-order valence-electron chi connectivity index (χ1n) is 7.81. The van der Waals surface area contributed by atoms with E-state index >= 15 is 0 Å². The highest BCUT2D eigenvalue weighted by Crippen LogP contribution is 2.18. The van der Waals surface area contributed by atoms with Crippen molar-refractivity contribution >= 4 is 0 Å². The SMILES string of the molecule is CCN(CC)CCC(CCCC1CCCO1)NC. The minimum Gasteiger partial charge on any atom is -0.378 e. The fourth-order valence-electron chi connectivity index (χ4n) is 2.78. The van der Waals surface area contributed by atoms with Crippen LogP contribution in [0.2, 0.25) is 0 Å². The van der Waals surface area contributed by atoms with Crippen LogP contribution in [0.25, 0.3) is 0 Å². The molecule has 1 rings (SSSR count). The standard InChI is InChI=1S/C15H32N2O/c1-4-17(5-2)12-11-14(16-3)8-6-9-15-10-7-13-18-15/h14-16H,4-13H2,1-3H3. The van der Waals surface area contributed by atoms with Gasteiger partial charge in [-0.05, 0) is 65.2 Å². The maximum Gasteiger partial charge on any atom is 0.0576 e. The summed E-state index contributed by atoms with van der Waals surface area (Å²) in [7, 11) is 2.10. The van der Waals surface area contributed by atoms with E-state index < -0.39 is 0 Å². The third-order valence-electron chi connectivity index (χ3n) is 4.20. The van der Waals surface area contributed by atoms with Crippen molar-refractivity contribution in [2.75, 3.05) is 33.3 Å². The smallest absolute Gasteiger partial charge is 0.0576 e. The fourth-order valence-corrected chi connectivity index (χ4v) is 2.78. The van der Waals surface area contributed by atoms with Crippen molar-refractivity contribution in [1.29, 1.82) is 0 Å². The summed E-state index contributed by atoms with van der Waals surface area (Å²) in [5, 5.41) is 3.46. The van der Waals surface area contributed by atoms with Crippen LogP contribution in [0.15, 0.2) is 0 Å². The summed E-state index contributed by atoms with van der Waals surface area (Å²) >= 11 is 0. The summed E-state index contributed by atoms with van der Waals surface area (Å²) in [6, 6.07) is 0.673. The molecule has 2 atom stereocenters. The highest BCUT2D eigenvalue weighted by atomic mass is 16.5. The predicted octanol–water partition coefficient (Wildman–Crippen LogP) is 2.66. The van der Waals surface area contributed by atoms with Gasteiger partial charge in [-0.2, -0.15) is 0 Å². The van der Waals surface area contributed by atoms with Gasteiger partial charge in [0.05, 0.1) is 6.10 Å². The number of ether oxygens (including phenoxy) is 1. The Hall–Kier alpha value is -0.120. The Kier molecular flexibility index (Phi) is 8.64. The number of nitrogens with zero attached hydrogens (tertiary/aromatic N) is 1. The molecule has 1 aliphatic rings. The van der Waals surface area contributed by atoms with Crippen LogP contribution in [0.3, 0.4) is 0 Å². The van der Waals surface area contributed by atoms with E-state index in [9.17, 15) is 0 Å². The van der Waals surface area contributed by atoms with Gasteiger partial charge in [-0.25, -0.2) is 0 Å². The van der Waals surface area contributed by atoms with Crippen LogP contribution in [-0.4, -0.2) is 50.3 Å². The second-order valence-electron chi connectivity index (χ2n) is 5.37. The van der Waals surface area contributed by atoms with Gasteiger partial charge in [-0.3, -0.25) is 0 Å². The lowest BCUT2D eigenvalue weighted by Crippen LogP contribution is -2.32. The van der Waals surface area contributed by atoms with Gasteiger partial charge in [0, 0.05) is 12.6 Å². The topological polar surface area (TPSA) is 24.5 Å². The zero-order valence-electron chi connectivity index (χ0n) is 12.6. The first-order valence-corrected chi connectivity index (χ1v) is 7.81. The van der Waals surface area contributed by atoms with E-state index in [1.807, 2.05) is 0 Å². The molecule has 3 nitrogen and oxygen atoms in total. The highest BCUT2D eigenvalue weighted by molar-refractivity contribution is 4.70. The average molecular weight is 256 g/mol. The predicted molar refractivity (Wildman–Crippen MR) is 78.1 cm³/mol.